The summed E-state index contributed by atoms with van der Waals surface area (Å²) in [5, 5.41) is 13.5. The van der Waals surface area contributed by atoms with E-state index in [0.29, 0.717) is 9.99 Å². The Morgan fingerprint density at radius 3 is 2.65 bits per heavy atom. The predicted molar refractivity (Wildman–Crippen MR) is 91.2 cm³/mol. The lowest BCUT2D eigenvalue weighted by atomic mass is 9.85. The summed E-state index contributed by atoms with van der Waals surface area (Å²) >= 11 is 1.80. The lowest BCUT2D eigenvalue weighted by Gasteiger charge is -2.27. The Morgan fingerprint density at radius 1 is 1.46 bits per heavy atom. The molecule has 1 aliphatic rings. The summed E-state index contributed by atoms with van der Waals surface area (Å²) in [6.07, 6.45) is -4.13. The van der Waals surface area contributed by atoms with Crippen molar-refractivity contribution in [1.82, 2.24) is 5.32 Å². The van der Waals surface area contributed by atoms with Gasteiger partial charge in [0.2, 0.25) is 0 Å². The molecule has 1 aromatic rings. The van der Waals surface area contributed by atoms with Gasteiger partial charge in [-0.15, -0.1) is 0 Å². The summed E-state index contributed by atoms with van der Waals surface area (Å²) in [7, 11) is 0. The molecule has 1 N–H and O–H groups in total. The average molecular weight is 486 g/mol. The number of hydrogen-bond acceptors (Lipinski definition) is 5. The van der Waals surface area contributed by atoms with Crippen LogP contribution in [0.3, 0.4) is 0 Å². The normalized spacial score (nSPS) is 16.6. The van der Waals surface area contributed by atoms with Crippen LogP contribution in [-0.2, 0) is 27.4 Å². The van der Waals surface area contributed by atoms with Crippen LogP contribution >= 0.6 is 22.6 Å². The van der Waals surface area contributed by atoms with Crippen molar-refractivity contribution in [3.63, 3.8) is 0 Å². The minimum Gasteiger partial charge on any atom is -0.461 e. The fourth-order valence-corrected chi connectivity index (χ4v) is 3.62. The third-order valence-corrected chi connectivity index (χ3v) is 4.91. The van der Waals surface area contributed by atoms with Gasteiger partial charge in [-0.05, 0) is 53.5 Å². The van der Waals surface area contributed by atoms with E-state index in [9.17, 15) is 32.9 Å². The second kappa shape index (κ2) is 7.76. The molecule has 0 radical (unpaired) electrons. The molecule has 1 aromatic carbocycles. The molecule has 7 nitrogen and oxygen atoms in total. The first-order chi connectivity index (χ1) is 12.0. The molecule has 0 saturated carbocycles. The molecule has 2 rings (SSSR count). The molecule has 142 valence electrons. The third kappa shape index (κ3) is 4.43. The molecule has 1 atom stereocenters. The molecule has 0 aromatic heterocycles. The first-order valence-corrected chi connectivity index (χ1v) is 8.59. The molecule has 0 spiro atoms. The standard InChI is InChI=1S/C15H14F3IN2O5/c1-7(22)26-6-10-11(19)5-9-8(13(10)21(24)25)3-2-4-12(9)20-14(23)15(16,17)18/h5,12H,2-4,6H2,1H3,(H,20,23). The minimum atomic E-state index is -5.04. The molecule has 0 heterocycles. The Bertz CT molecular complexity index is 767. The first-order valence-electron chi connectivity index (χ1n) is 7.52. The highest BCUT2D eigenvalue weighted by molar-refractivity contribution is 14.1. The van der Waals surface area contributed by atoms with Crippen LogP contribution in [0.5, 0.6) is 0 Å². The summed E-state index contributed by atoms with van der Waals surface area (Å²) in [6.45, 7) is 0.858. The number of fused-ring (bicyclic) bond motifs is 1. The SMILES string of the molecule is CC(=O)OCc1c(I)cc2c(c1[N+](=O)[O-])CCCC2NC(=O)C(F)(F)F. The highest BCUT2D eigenvalue weighted by Crippen LogP contribution is 2.40. The van der Waals surface area contributed by atoms with E-state index in [0.717, 1.165) is 0 Å². The largest absolute Gasteiger partial charge is 0.471 e. The van der Waals surface area contributed by atoms with Crippen molar-refractivity contribution in [3.8, 4) is 0 Å². The highest BCUT2D eigenvalue weighted by Gasteiger charge is 2.41. The van der Waals surface area contributed by atoms with Crippen LogP contribution in [0, 0.1) is 13.7 Å². The van der Waals surface area contributed by atoms with Crippen molar-refractivity contribution in [2.24, 2.45) is 0 Å². The number of carbonyl (C=O) groups excluding carboxylic acids is 2. The first kappa shape index (κ1) is 20.4. The topological polar surface area (TPSA) is 98.5 Å². The van der Waals surface area contributed by atoms with Crippen molar-refractivity contribution < 1.29 is 32.4 Å². The Hall–Kier alpha value is -1.92. The Kier molecular flexibility index (Phi) is 6.09. The summed E-state index contributed by atoms with van der Waals surface area (Å²) < 4.78 is 42.8. The van der Waals surface area contributed by atoms with Crippen molar-refractivity contribution in [2.75, 3.05) is 0 Å². The van der Waals surface area contributed by atoms with Crippen molar-refractivity contribution >= 4 is 40.2 Å². The van der Waals surface area contributed by atoms with E-state index in [4.69, 9.17) is 4.74 Å². The van der Waals surface area contributed by atoms with Gasteiger partial charge in [-0.25, -0.2) is 0 Å². The maximum absolute atomic E-state index is 12.5. The molecule has 1 unspecified atom stereocenters. The number of amides is 1. The molecule has 0 bridgehead atoms. The van der Waals surface area contributed by atoms with E-state index in [2.05, 4.69) is 0 Å². The van der Waals surface area contributed by atoms with E-state index in [-0.39, 0.29) is 41.8 Å². The number of hydrogen-bond donors (Lipinski definition) is 1. The molecular weight excluding hydrogens is 472 g/mol. The number of nitrogens with one attached hydrogen (secondary N) is 1. The molecule has 1 aliphatic carbocycles. The smallest absolute Gasteiger partial charge is 0.461 e. The maximum Gasteiger partial charge on any atom is 0.471 e. The van der Waals surface area contributed by atoms with Crippen LogP contribution in [0.2, 0.25) is 0 Å². The van der Waals surface area contributed by atoms with Crippen molar-refractivity contribution in [2.45, 2.75) is 45.0 Å². The van der Waals surface area contributed by atoms with Gasteiger partial charge in [-0.3, -0.25) is 19.7 Å². The van der Waals surface area contributed by atoms with Crippen LogP contribution in [0.25, 0.3) is 0 Å². The molecule has 0 fully saturated rings. The number of carbonyl (C=O) groups is 2. The van der Waals surface area contributed by atoms with Gasteiger partial charge in [-0.2, -0.15) is 13.2 Å². The van der Waals surface area contributed by atoms with Crippen molar-refractivity contribution in [1.29, 1.82) is 0 Å². The monoisotopic (exact) mass is 486 g/mol. The van der Waals surface area contributed by atoms with Gasteiger partial charge in [0.25, 0.3) is 5.69 Å². The maximum atomic E-state index is 12.5. The van der Waals surface area contributed by atoms with E-state index >= 15 is 0 Å². The zero-order valence-corrected chi connectivity index (χ0v) is 15.6. The minimum absolute atomic E-state index is 0.187. The Morgan fingerprint density at radius 2 is 2.12 bits per heavy atom. The quantitative estimate of drug-likeness (QED) is 0.305. The predicted octanol–water partition coefficient (Wildman–Crippen LogP) is 3.32. The Balaban J connectivity index is 2.49. The second-order valence-corrected chi connectivity index (χ2v) is 6.87. The van der Waals surface area contributed by atoms with Gasteiger partial charge in [0.05, 0.1) is 16.5 Å². The van der Waals surface area contributed by atoms with Crippen LogP contribution < -0.4 is 5.32 Å². The molecular formula is C15H14F3IN2O5. The lowest BCUT2D eigenvalue weighted by Crippen LogP contribution is -2.40. The van der Waals surface area contributed by atoms with Gasteiger partial charge in [-0.1, -0.05) is 0 Å². The summed E-state index contributed by atoms with van der Waals surface area (Å²) in [4.78, 5) is 33.2. The van der Waals surface area contributed by atoms with Crippen LogP contribution in [0.15, 0.2) is 6.07 Å². The van der Waals surface area contributed by atoms with Gasteiger partial charge in [0, 0.05) is 16.1 Å². The fraction of sp³-hybridized carbons (Fsp3) is 0.467. The zero-order valence-electron chi connectivity index (χ0n) is 13.5. The van der Waals surface area contributed by atoms with E-state index in [1.165, 1.54) is 13.0 Å². The van der Waals surface area contributed by atoms with Crippen molar-refractivity contribution in [3.05, 3.63) is 36.4 Å². The number of nitro groups is 1. The van der Waals surface area contributed by atoms with Gasteiger partial charge in [0.1, 0.15) is 6.61 Å². The Labute approximate surface area is 159 Å². The number of esters is 1. The van der Waals surface area contributed by atoms with E-state index < -0.39 is 29.0 Å². The van der Waals surface area contributed by atoms with Gasteiger partial charge in [0.15, 0.2) is 0 Å². The van der Waals surface area contributed by atoms with Gasteiger partial charge >= 0.3 is 18.1 Å². The molecule has 26 heavy (non-hydrogen) atoms. The number of ether oxygens (including phenoxy) is 1. The van der Waals surface area contributed by atoms with E-state index in [1.807, 2.05) is 5.32 Å². The lowest BCUT2D eigenvalue weighted by molar-refractivity contribution is -0.386. The summed E-state index contributed by atoms with van der Waals surface area (Å²) in [5.41, 5.74) is 0.458. The molecule has 11 heteroatoms. The summed E-state index contributed by atoms with van der Waals surface area (Å²) in [6, 6.07) is 0.533. The number of nitrogens with zero attached hydrogens (tertiary/aromatic N) is 1. The number of benzene rings is 1. The van der Waals surface area contributed by atoms with E-state index in [1.54, 1.807) is 22.6 Å². The second-order valence-electron chi connectivity index (χ2n) is 5.71. The van der Waals surface area contributed by atoms with Crippen LogP contribution in [-0.4, -0.2) is 23.0 Å². The third-order valence-electron chi connectivity index (χ3n) is 3.95. The number of rotatable bonds is 4. The molecule has 0 aliphatic heterocycles. The fourth-order valence-electron chi connectivity index (χ4n) is 2.88. The number of nitro benzene ring substituents is 1. The zero-order chi connectivity index (χ0) is 19.6. The van der Waals surface area contributed by atoms with Gasteiger partial charge < -0.3 is 10.1 Å². The average Bonchev–Trinajstić information content (AvgIpc) is 2.51. The van der Waals surface area contributed by atoms with Crippen LogP contribution in [0.1, 0.15) is 42.5 Å². The number of alkyl halides is 3. The highest BCUT2D eigenvalue weighted by atomic mass is 127. The molecule has 0 saturated heterocycles. The molecule has 1 amide bonds. The number of halogens is 4. The summed E-state index contributed by atoms with van der Waals surface area (Å²) in [5.74, 6) is -2.69. The van der Waals surface area contributed by atoms with Crippen LogP contribution in [0.4, 0.5) is 18.9 Å².